The zero-order valence-corrected chi connectivity index (χ0v) is 17.8. The number of nitrogens with one attached hydrogen (secondary N) is 1. The molecule has 3 aromatic carbocycles. The van der Waals surface area contributed by atoms with Crippen LogP contribution in [-0.4, -0.2) is 37.5 Å². The molecule has 0 aliphatic carbocycles. The van der Waals surface area contributed by atoms with E-state index in [1.54, 1.807) is 25.3 Å². The highest BCUT2D eigenvalue weighted by Gasteiger charge is 2.33. The van der Waals surface area contributed by atoms with Crippen LogP contribution in [0.5, 0.6) is 11.5 Å². The summed E-state index contributed by atoms with van der Waals surface area (Å²) in [6.07, 6.45) is 0.0433. The van der Waals surface area contributed by atoms with Crippen molar-refractivity contribution in [3.63, 3.8) is 0 Å². The number of amides is 2. The lowest BCUT2D eigenvalue weighted by Crippen LogP contribution is -2.39. The van der Waals surface area contributed by atoms with Crippen molar-refractivity contribution in [3.05, 3.63) is 89.2 Å². The molecule has 6 nitrogen and oxygen atoms in total. The highest BCUT2D eigenvalue weighted by atomic mass is 19.1. The van der Waals surface area contributed by atoms with Crippen LogP contribution < -0.4 is 14.8 Å². The second kappa shape index (κ2) is 9.09. The monoisotopic (exact) mass is 434 g/mol. The van der Waals surface area contributed by atoms with Crippen molar-refractivity contribution < 1.29 is 23.5 Å². The summed E-state index contributed by atoms with van der Waals surface area (Å²) in [6, 6.07) is 18.1. The van der Waals surface area contributed by atoms with Crippen LogP contribution in [0.4, 0.5) is 10.1 Å². The second-order valence-electron chi connectivity index (χ2n) is 7.48. The average molecular weight is 434 g/mol. The first kappa shape index (κ1) is 21.4. The van der Waals surface area contributed by atoms with Crippen molar-refractivity contribution in [3.8, 4) is 11.5 Å². The molecule has 0 radical (unpaired) electrons. The Kier molecular flexibility index (Phi) is 6.07. The first-order valence-electron chi connectivity index (χ1n) is 10.1. The van der Waals surface area contributed by atoms with E-state index in [4.69, 9.17) is 9.47 Å². The molecule has 0 aromatic heterocycles. The summed E-state index contributed by atoms with van der Waals surface area (Å²) in [6.45, 7) is -0.151. The van der Waals surface area contributed by atoms with Crippen molar-refractivity contribution in [2.75, 3.05) is 26.1 Å². The summed E-state index contributed by atoms with van der Waals surface area (Å²) in [4.78, 5) is 27.6. The molecule has 0 unspecified atom stereocenters. The van der Waals surface area contributed by atoms with Crippen LogP contribution in [0, 0.1) is 5.82 Å². The van der Waals surface area contributed by atoms with Crippen molar-refractivity contribution in [1.29, 1.82) is 0 Å². The third kappa shape index (κ3) is 4.27. The van der Waals surface area contributed by atoms with Crippen LogP contribution in [0.1, 0.15) is 22.7 Å². The lowest BCUT2D eigenvalue weighted by molar-refractivity contribution is -0.135. The van der Waals surface area contributed by atoms with E-state index in [1.807, 2.05) is 30.3 Å². The van der Waals surface area contributed by atoms with E-state index in [1.165, 1.54) is 30.2 Å². The molecule has 1 aliphatic heterocycles. The molecule has 0 fully saturated rings. The molecule has 1 aliphatic rings. The molecular weight excluding hydrogens is 411 g/mol. The van der Waals surface area contributed by atoms with Crippen LogP contribution in [0.3, 0.4) is 0 Å². The number of carbonyl (C=O) groups excluding carboxylic acids is 2. The summed E-state index contributed by atoms with van der Waals surface area (Å²) >= 11 is 0. The smallest absolute Gasteiger partial charge is 0.244 e. The summed E-state index contributed by atoms with van der Waals surface area (Å²) < 4.78 is 24.8. The van der Waals surface area contributed by atoms with Crippen molar-refractivity contribution >= 4 is 17.5 Å². The number of nitrogens with zero attached hydrogens (tertiary/aromatic N) is 1. The van der Waals surface area contributed by atoms with Crippen molar-refractivity contribution in [2.45, 2.75) is 12.5 Å². The van der Waals surface area contributed by atoms with E-state index in [2.05, 4.69) is 5.32 Å². The van der Waals surface area contributed by atoms with Crippen LogP contribution >= 0.6 is 0 Å². The average Bonchev–Trinajstić information content (AvgIpc) is 2.95. The molecule has 1 atom stereocenters. The van der Waals surface area contributed by atoms with Gasteiger partial charge in [-0.25, -0.2) is 4.39 Å². The van der Waals surface area contributed by atoms with Gasteiger partial charge in [-0.05, 0) is 41.5 Å². The second-order valence-corrected chi connectivity index (χ2v) is 7.48. The van der Waals surface area contributed by atoms with E-state index in [0.717, 1.165) is 5.56 Å². The fraction of sp³-hybridized carbons (Fsp3) is 0.200. The lowest BCUT2D eigenvalue weighted by atomic mass is 9.95. The van der Waals surface area contributed by atoms with Gasteiger partial charge in [0.1, 0.15) is 12.4 Å². The molecule has 7 heteroatoms. The first-order valence-corrected chi connectivity index (χ1v) is 10.1. The van der Waals surface area contributed by atoms with Gasteiger partial charge in [-0.15, -0.1) is 0 Å². The van der Waals surface area contributed by atoms with Crippen LogP contribution in [-0.2, 0) is 16.0 Å². The highest BCUT2D eigenvalue weighted by molar-refractivity contribution is 5.97. The minimum atomic E-state index is -0.617. The fourth-order valence-corrected chi connectivity index (χ4v) is 3.97. The van der Waals surface area contributed by atoms with Gasteiger partial charge in [-0.1, -0.05) is 36.4 Å². The Morgan fingerprint density at radius 1 is 1.03 bits per heavy atom. The number of hydrogen-bond donors (Lipinski definition) is 1. The lowest BCUT2D eigenvalue weighted by Gasteiger charge is -2.30. The minimum absolute atomic E-state index is 0.0433. The number of hydrogen-bond acceptors (Lipinski definition) is 4. The number of ether oxygens (including phenoxy) is 2. The molecule has 0 saturated carbocycles. The molecule has 1 N–H and O–H groups in total. The molecule has 3 aromatic rings. The van der Waals surface area contributed by atoms with Gasteiger partial charge in [0.15, 0.2) is 11.5 Å². The largest absolute Gasteiger partial charge is 0.493 e. The van der Waals surface area contributed by atoms with Crippen molar-refractivity contribution in [1.82, 2.24) is 4.90 Å². The number of fused-ring (bicyclic) bond motifs is 1. The van der Waals surface area contributed by atoms with Gasteiger partial charge in [0.25, 0.3) is 0 Å². The Morgan fingerprint density at radius 2 is 1.78 bits per heavy atom. The van der Waals surface area contributed by atoms with Crippen LogP contribution in [0.15, 0.2) is 66.7 Å². The molecule has 32 heavy (non-hydrogen) atoms. The number of methoxy groups -OCH3 is 2. The normalized spacial score (nSPS) is 15.4. The maximum absolute atomic E-state index is 14.2. The molecule has 0 bridgehead atoms. The van der Waals surface area contributed by atoms with Crippen LogP contribution in [0.2, 0.25) is 0 Å². The predicted octanol–water partition coefficient (Wildman–Crippen LogP) is 3.96. The summed E-state index contributed by atoms with van der Waals surface area (Å²) in [7, 11) is 3.07. The maximum Gasteiger partial charge on any atom is 0.244 e. The van der Waals surface area contributed by atoms with Gasteiger partial charge in [-0.2, -0.15) is 0 Å². The zero-order chi connectivity index (χ0) is 22.7. The molecule has 0 spiro atoms. The minimum Gasteiger partial charge on any atom is -0.493 e. The Balaban J connectivity index is 1.75. The molecule has 4 rings (SSSR count). The van der Waals surface area contributed by atoms with Gasteiger partial charge in [0.2, 0.25) is 11.8 Å². The number of benzene rings is 3. The van der Waals surface area contributed by atoms with Crippen molar-refractivity contribution in [2.24, 2.45) is 0 Å². The van der Waals surface area contributed by atoms with E-state index in [-0.39, 0.29) is 24.8 Å². The van der Waals surface area contributed by atoms with Crippen LogP contribution in [0.25, 0.3) is 0 Å². The predicted molar refractivity (Wildman–Crippen MR) is 118 cm³/mol. The molecule has 0 saturated heterocycles. The van der Waals surface area contributed by atoms with Gasteiger partial charge in [-0.3, -0.25) is 9.59 Å². The Morgan fingerprint density at radius 3 is 2.50 bits per heavy atom. The molecule has 164 valence electrons. The van der Waals surface area contributed by atoms with Gasteiger partial charge < -0.3 is 19.7 Å². The molecular formula is C25H23FN2O4. The van der Waals surface area contributed by atoms with Gasteiger partial charge in [0.05, 0.1) is 26.7 Å². The quantitative estimate of drug-likeness (QED) is 0.660. The van der Waals surface area contributed by atoms with E-state index in [0.29, 0.717) is 28.3 Å². The van der Waals surface area contributed by atoms with E-state index in [9.17, 15) is 14.0 Å². The van der Waals surface area contributed by atoms with E-state index < -0.39 is 11.9 Å². The first-order chi connectivity index (χ1) is 15.5. The summed E-state index contributed by atoms with van der Waals surface area (Å²) in [5.74, 6) is 0.0336. The number of carbonyl (C=O) groups is 2. The Labute approximate surface area is 185 Å². The third-order valence-electron chi connectivity index (χ3n) is 5.45. The number of halogens is 1. The van der Waals surface area contributed by atoms with Gasteiger partial charge in [0, 0.05) is 11.3 Å². The third-order valence-corrected chi connectivity index (χ3v) is 5.45. The van der Waals surface area contributed by atoms with Gasteiger partial charge >= 0.3 is 0 Å². The Hall–Kier alpha value is -3.87. The maximum atomic E-state index is 14.2. The fourth-order valence-electron chi connectivity index (χ4n) is 3.97. The number of rotatable bonds is 5. The summed E-state index contributed by atoms with van der Waals surface area (Å²) in [5, 5.41) is 2.80. The summed E-state index contributed by atoms with van der Waals surface area (Å²) in [5.41, 5.74) is 2.52. The zero-order valence-electron chi connectivity index (χ0n) is 17.8. The number of anilines is 1. The molecule has 2 amide bonds. The molecule has 1 heterocycles. The SMILES string of the molecule is COc1ccc(CC(=O)N2CC(=O)Nc3ccc(F)cc3[C@H]2c2ccccc2)cc1OC. The Bertz CT molecular complexity index is 1150. The standard InChI is InChI=1S/C25H23FN2O4/c1-31-21-11-8-16(12-22(21)32-2)13-24(30)28-15-23(29)27-20-10-9-18(26)14-19(20)25(28)17-6-4-3-5-7-17/h3-12,14,25H,13,15H2,1-2H3,(H,27,29)/t25-/m1/s1. The van der Waals surface area contributed by atoms with E-state index >= 15 is 0 Å². The highest BCUT2D eigenvalue weighted by Crippen LogP contribution is 2.37. The topological polar surface area (TPSA) is 67.9 Å².